The number of hydrogen-bond donors (Lipinski definition) is 1. The van der Waals surface area contributed by atoms with Gasteiger partial charge in [-0.25, -0.2) is 9.99 Å². The van der Waals surface area contributed by atoms with Crippen molar-refractivity contribution in [3.8, 4) is 5.69 Å². The van der Waals surface area contributed by atoms with Crippen LogP contribution in [0.2, 0.25) is 0 Å². The van der Waals surface area contributed by atoms with Crippen LogP contribution in [-0.4, -0.2) is 58.3 Å². The fraction of sp³-hybridized carbons (Fsp3) is 0.417. The van der Waals surface area contributed by atoms with Crippen molar-refractivity contribution < 1.29 is 9.53 Å². The standard InChI is InChI=1S/C24H28N6O3/c1-2-8-30(28-9-11-33-12-10-28)24-26-14-19-21(31)20(22(25)32)15-29(23(19)27-24)18-7-6-16-4-3-5-17(16)13-18/h6-7,13-15H,2-5,8-12H2,1H3,(H2,25,32). The molecular weight excluding hydrogens is 420 g/mol. The molecule has 5 rings (SSSR count). The number of primary amides is 1. The molecule has 0 saturated carbocycles. The highest BCUT2D eigenvalue weighted by atomic mass is 16.5. The molecule has 1 aliphatic carbocycles. The topological polar surface area (TPSA) is 107 Å². The zero-order chi connectivity index (χ0) is 22.9. The summed E-state index contributed by atoms with van der Waals surface area (Å²) >= 11 is 0. The van der Waals surface area contributed by atoms with Gasteiger partial charge in [0.15, 0.2) is 5.65 Å². The van der Waals surface area contributed by atoms with Gasteiger partial charge in [-0.15, -0.1) is 0 Å². The highest BCUT2D eigenvalue weighted by Gasteiger charge is 2.23. The van der Waals surface area contributed by atoms with Gasteiger partial charge in [0.05, 0.1) is 18.6 Å². The molecule has 1 fully saturated rings. The number of fused-ring (bicyclic) bond motifs is 2. The Kier molecular flexibility index (Phi) is 5.82. The summed E-state index contributed by atoms with van der Waals surface area (Å²) in [6, 6.07) is 6.24. The van der Waals surface area contributed by atoms with E-state index >= 15 is 0 Å². The summed E-state index contributed by atoms with van der Waals surface area (Å²) in [5, 5.41) is 4.51. The van der Waals surface area contributed by atoms with E-state index in [0.717, 1.165) is 51.0 Å². The average Bonchev–Trinajstić information content (AvgIpc) is 3.31. The van der Waals surface area contributed by atoms with Crippen molar-refractivity contribution in [2.45, 2.75) is 32.6 Å². The van der Waals surface area contributed by atoms with Crippen LogP contribution in [0.25, 0.3) is 16.7 Å². The first-order valence-electron chi connectivity index (χ1n) is 11.5. The van der Waals surface area contributed by atoms with E-state index in [1.807, 2.05) is 6.07 Å². The molecule has 3 heterocycles. The maximum absolute atomic E-state index is 13.0. The zero-order valence-corrected chi connectivity index (χ0v) is 18.8. The number of pyridine rings is 1. The molecular formula is C24H28N6O3. The summed E-state index contributed by atoms with van der Waals surface area (Å²) in [5.41, 5.74) is 8.96. The quantitative estimate of drug-likeness (QED) is 0.613. The van der Waals surface area contributed by atoms with Crippen LogP contribution in [0.1, 0.15) is 41.3 Å². The van der Waals surface area contributed by atoms with Crippen LogP contribution in [0.4, 0.5) is 5.95 Å². The van der Waals surface area contributed by atoms with Crippen molar-refractivity contribution in [2.75, 3.05) is 37.9 Å². The van der Waals surface area contributed by atoms with Crippen LogP contribution in [0, 0.1) is 0 Å². The molecule has 33 heavy (non-hydrogen) atoms. The molecule has 3 aromatic rings. The van der Waals surface area contributed by atoms with Crippen molar-refractivity contribution in [2.24, 2.45) is 5.73 Å². The number of nitrogens with zero attached hydrogens (tertiary/aromatic N) is 5. The van der Waals surface area contributed by atoms with Gasteiger partial charge in [0, 0.05) is 37.7 Å². The molecule has 0 atom stereocenters. The second-order valence-electron chi connectivity index (χ2n) is 8.51. The van der Waals surface area contributed by atoms with Crippen LogP contribution in [-0.2, 0) is 17.6 Å². The highest BCUT2D eigenvalue weighted by Crippen LogP contribution is 2.26. The van der Waals surface area contributed by atoms with E-state index in [0.29, 0.717) is 24.8 Å². The first-order valence-corrected chi connectivity index (χ1v) is 11.5. The number of carbonyl (C=O) groups is 1. The number of aryl methyl sites for hydroxylation is 2. The maximum atomic E-state index is 13.0. The molecule has 172 valence electrons. The lowest BCUT2D eigenvalue weighted by Crippen LogP contribution is -2.50. The fourth-order valence-corrected chi connectivity index (χ4v) is 4.68. The Hall–Kier alpha value is -3.30. The van der Waals surface area contributed by atoms with E-state index in [-0.39, 0.29) is 10.9 Å². The van der Waals surface area contributed by atoms with Gasteiger partial charge in [-0.3, -0.25) is 14.6 Å². The number of benzene rings is 1. The summed E-state index contributed by atoms with van der Waals surface area (Å²) < 4.78 is 7.30. The third-order valence-electron chi connectivity index (χ3n) is 6.35. The summed E-state index contributed by atoms with van der Waals surface area (Å²) in [6.45, 7) is 5.65. The Morgan fingerprint density at radius 2 is 2.00 bits per heavy atom. The summed E-state index contributed by atoms with van der Waals surface area (Å²) in [6.07, 6.45) is 7.17. The van der Waals surface area contributed by atoms with Gasteiger partial charge in [-0.2, -0.15) is 4.98 Å². The molecule has 2 N–H and O–H groups in total. The fourth-order valence-electron chi connectivity index (χ4n) is 4.68. The Morgan fingerprint density at radius 1 is 1.21 bits per heavy atom. The molecule has 0 unspecified atom stereocenters. The van der Waals surface area contributed by atoms with E-state index in [1.54, 1.807) is 4.57 Å². The molecule has 9 heteroatoms. The first-order chi connectivity index (χ1) is 16.1. The molecule has 0 spiro atoms. The van der Waals surface area contributed by atoms with Gasteiger partial charge in [0.2, 0.25) is 11.4 Å². The van der Waals surface area contributed by atoms with Gasteiger partial charge >= 0.3 is 0 Å². The number of nitrogens with two attached hydrogens (primary N) is 1. The molecule has 1 aromatic carbocycles. The number of carbonyl (C=O) groups excluding carboxylic acids is 1. The first kappa shape index (κ1) is 21.5. The number of aromatic nitrogens is 3. The van der Waals surface area contributed by atoms with Gasteiger partial charge < -0.3 is 15.0 Å². The Morgan fingerprint density at radius 3 is 2.76 bits per heavy atom. The minimum atomic E-state index is -0.762. The molecule has 0 radical (unpaired) electrons. The Labute approximate surface area is 191 Å². The minimum Gasteiger partial charge on any atom is -0.379 e. The lowest BCUT2D eigenvalue weighted by atomic mass is 10.1. The summed E-state index contributed by atoms with van der Waals surface area (Å²) in [7, 11) is 0. The number of ether oxygens (including phenoxy) is 1. The van der Waals surface area contributed by atoms with E-state index in [4.69, 9.17) is 15.5 Å². The van der Waals surface area contributed by atoms with E-state index in [2.05, 4.69) is 34.1 Å². The van der Waals surface area contributed by atoms with Gasteiger partial charge in [0.25, 0.3) is 5.91 Å². The van der Waals surface area contributed by atoms with Gasteiger partial charge in [0.1, 0.15) is 5.56 Å². The number of hydrazine groups is 1. The SMILES string of the molecule is CCCN(c1ncc2c(=O)c(C(N)=O)cn(-c3ccc4c(c3)CCC4)c2n1)N1CCOCC1. The number of anilines is 1. The summed E-state index contributed by atoms with van der Waals surface area (Å²) in [4.78, 5) is 34.4. The van der Waals surface area contributed by atoms with Crippen LogP contribution in [0.5, 0.6) is 0 Å². The van der Waals surface area contributed by atoms with Crippen LogP contribution in [0.15, 0.2) is 35.4 Å². The molecule has 1 saturated heterocycles. The van der Waals surface area contributed by atoms with Crippen molar-refractivity contribution in [3.63, 3.8) is 0 Å². The number of hydrogen-bond acceptors (Lipinski definition) is 7. The molecule has 1 amide bonds. The monoisotopic (exact) mass is 448 g/mol. The molecule has 9 nitrogen and oxygen atoms in total. The van der Waals surface area contributed by atoms with E-state index in [1.165, 1.54) is 23.5 Å². The predicted octanol–water partition coefficient (Wildman–Crippen LogP) is 1.83. The Bertz CT molecular complexity index is 1270. The number of morpholine rings is 1. The van der Waals surface area contributed by atoms with E-state index < -0.39 is 11.3 Å². The minimum absolute atomic E-state index is 0.0713. The second-order valence-corrected chi connectivity index (χ2v) is 8.51. The van der Waals surface area contributed by atoms with Crippen molar-refractivity contribution in [3.05, 3.63) is 57.5 Å². The van der Waals surface area contributed by atoms with Gasteiger partial charge in [-0.05, 0) is 48.9 Å². The average molecular weight is 449 g/mol. The summed E-state index contributed by atoms with van der Waals surface area (Å²) in [5.74, 6) is -0.241. The van der Waals surface area contributed by atoms with Crippen LogP contribution in [0.3, 0.4) is 0 Å². The number of amides is 1. The van der Waals surface area contributed by atoms with Crippen LogP contribution < -0.4 is 16.2 Å². The lowest BCUT2D eigenvalue weighted by molar-refractivity contribution is 0.0308. The van der Waals surface area contributed by atoms with Crippen molar-refractivity contribution in [1.29, 1.82) is 0 Å². The van der Waals surface area contributed by atoms with E-state index in [9.17, 15) is 9.59 Å². The third-order valence-corrected chi connectivity index (χ3v) is 6.35. The predicted molar refractivity (Wildman–Crippen MR) is 126 cm³/mol. The molecule has 1 aliphatic heterocycles. The highest BCUT2D eigenvalue weighted by molar-refractivity contribution is 5.96. The largest absolute Gasteiger partial charge is 0.379 e. The second kappa shape index (κ2) is 8.92. The van der Waals surface area contributed by atoms with Crippen LogP contribution >= 0.6 is 0 Å². The maximum Gasteiger partial charge on any atom is 0.254 e. The van der Waals surface area contributed by atoms with Crippen molar-refractivity contribution in [1.82, 2.24) is 19.5 Å². The smallest absolute Gasteiger partial charge is 0.254 e. The van der Waals surface area contributed by atoms with Gasteiger partial charge in [-0.1, -0.05) is 13.0 Å². The normalized spacial score (nSPS) is 16.2. The lowest BCUT2D eigenvalue weighted by Gasteiger charge is -2.37. The third kappa shape index (κ3) is 3.98. The number of rotatable bonds is 6. The zero-order valence-electron chi connectivity index (χ0n) is 18.8. The molecule has 0 bridgehead atoms. The molecule has 2 aromatic heterocycles. The molecule has 2 aliphatic rings. The Balaban J connectivity index is 1.69. The van der Waals surface area contributed by atoms with Crippen molar-refractivity contribution >= 4 is 22.9 Å².